The Morgan fingerprint density at radius 2 is 2.05 bits per heavy atom. The van der Waals surface area contributed by atoms with E-state index in [0.717, 1.165) is 29.9 Å². The van der Waals surface area contributed by atoms with Crippen LogP contribution in [-0.2, 0) is 16.4 Å². The first-order valence-electron chi connectivity index (χ1n) is 6.80. The highest BCUT2D eigenvalue weighted by Crippen LogP contribution is 2.24. The summed E-state index contributed by atoms with van der Waals surface area (Å²) in [5, 5.41) is 0. The van der Waals surface area contributed by atoms with Crippen LogP contribution in [0.25, 0.3) is 0 Å². The van der Waals surface area contributed by atoms with Crippen LogP contribution in [-0.4, -0.2) is 42.7 Å². The summed E-state index contributed by atoms with van der Waals surface area (Å²) in [6.45, 7) is 2.57. The Kier molecular flexibility index (Phi) is 5.78. The predicted molar refractivity (Wildman–Crippen MR) is 86.2 cm³/mol. The minimum Gasteiger partial charge on any atom is -0.207 e. The second kappa shape index (κ2) is 7.16. The lowest BCUT2D eigenvalue weighted by Gasteiger charge is -2.31. The molecule has 1 aliphatic heterocycles. The zero-order chi connectivity index (χ0) is 14.6. The molecule has 112 valence electrons. The van der Waals surface area contributed by atoms with E-state index >= 15 is 0 Å². The van der Waals surface area contributed by atoms with Crippen molar-refractivity contribution in [3.05, 3.63) is 29.8 Å². The molecule has 1 atom stereocenters. The molecule has 0 amide bonds. The van der Waals surface area contributed by atoms with Gasteiger partial charge in [0.25, 0.3) is 0 Å². The van der Waals surface area contributed by atoms with Crippen molar-refractivity contribution in [1.29, 1.82) is 0 Å². The third-order valence-electron chi connectivity index (χ3n) is 3.44. The van der Waals surface area contributed by atoms with Crippen LogP contribution in [0, 0.1) is 0 Å². The number of sulfonamides is 1. The number of benzene rings is 1. The Bertz CT molecular complexity index is 531. The van der Waals surface area contributed by atoms with Crippen molar-refractivity contribution in [2.45, 2.75) is 30.7 Å². The molecule has 1 aromatic rings. The van der Waals surface area contributed by atoms with E-state index in [1.54, 1.807) is 16.4 Å². The molecular formula is C14H20ClNO2S2. The van der Waals surface area contributed by atoms with Gasteiger partial charge in [-0.2, -0.15) is 16.1 Å². The molecular weight excluding hydrogens is 314 g/mol. The van der Waals surface area contributed by atoms with Gasteiger partial charge < -0.3 is 0 Å². The van der Waals surface area contributed by atoms with Crippen LogP contribution in [0.15, 0.2) is 29.2 Å². The van der Waals surface area contributed by atoms with Crippen molar-refractivity contribution in [1.82, 2.24) is 4.31 Å². The molecule has 1 fully saturated rings. The SMILES string of the molecule is CC1CSCCN1S(=O)(=O)c1ccc(CCCCl)cc1. The van der Waals surface area contributed by atoms with Gasteiger partial charge >= 0.3 is 0 Å². The van der Waals surface area contributed by atoms with Gasteiger partial charge in [0, 0.05) is 30.0 Å². The van der Waals surface area contributed by atoms with E-state index in [1.807, 2.05) is 30.8 Å². The highest BCUT2D eigenvalue weighted by atomic mass is 35.5. The lowest BCUT2D eigenvalue weighted by molar-refractivity contribution is 0.367. The molecule has 1 unspecified atom stereocenters. The fourth-order valence-electron chi connectivity index (χ4n) is 2.30. The Morgan fingerprint density at radius 1 is 1.35 bits per heavy atom. The first-order valence-corrected chi connectivity index (χ1v) is 9.93. The number of thioether (sulfide) groups is 1. The second-order valence-electron chi connectivity index (χ2n) is 4.98. The van der Waals surface area contributed by atoms with Gasteiger partial charge in [-0.05, 0) is 37.5 Å². The molecule has 2 rings (SSSR count). The number of aryl methyl sites for hydroxylation is 1. The molecule has 0 aliphatic carbocycles. The number of hydrogen-bond acceptors (Lipinski definition) is 3. The Morgan fingerprint density at radius 3 is 2.65 bits per heavy atom. The topological polar surface area (TPSA) is 37.4 Å². The summed E-state index contributed by atoms with van der Waals surface area (Å²) in [6.07, 6.45) is 1.80. The summed E-state index contributed by atoms with van der Waals surface area (Å²) in [7, 11) is -3.35. The minimum absolute atomic E-state index is 0.0645. The third kappa shape index (κ3) is 3.70. The number of nitrogens with zero attached hydrogens (tertiary/aromatic N) is 1. The summed E-state index contributed by atoms with van der Waals surface area (Å²) >= 11 is 7.48. The van der Waals surface area contributed by atoms with Gasteiger partial charge in [0.15, 0.2) is 0 Å². The monoisotopic (exact) mass is 333 g/mol. The summed E-state index contributed by atoms with van der Waals surface area (Å²) in [6, 6.07) is 7.28. The number of alkyl halides is 1. The molecule has 0 bridgehead atoms. The van der Waals surface area contributed by atoms with Crippen molar-refractivity contribution in [2.75, 3.05) is 23.9 Å². The van der Waals surface area contributed by atoms with Gasteiger partial charge in [-0.25, -0.2) is 8.42 Å². The molecule has 0 saturated carbocycles. The number of halogens is 1. The summed E-state index contributed by atoms with van der Waals surface area (Å²) in [5.74, 6) is 2.37. The van der Waals surface area contributed by atoms with E-state index < -0.39 is 10.0 Å². The van der Waals surface area contributed by atoms with E-state index in [4.69, 9.17) is 11.6 Å². The van der Waals surface area contributed by atoms with Gasteiger partial charge in [0.2, 0.25) is 10.0 Å². The maximum absolute atomic E-state index is 12.6. The van der Waals surface area contributed by atoms with Gasteiger partial charge in [-0.3, -0.25) is 0 Å². The molecule has 1 heterocycles. The van der Waals surface area contributed by atoms with E-state index in [0.29, 0.717) is 17.3 Å². The predicted octanol–water partition coefficient (Wildman–Crippen LogP) is 2.98. The fraction of sp³-hybridized carbons (Fsp3) is 0.571. The maximum Gasteiger partial charge on any atom is 0.243 e. The van der Waals surface area contributed by atoms with E-state index in [2.05, 4.69) is 0 Å². The number of hydrogen-bond donors (Lipinski definition) is 0. The Labute approximate surface area is 130 Å². The van der Waals surface area contributed by atoms with Gasteiger partial charge in [-0.1, -0.05) is 12.1 Å². The molecule has 6 heteroatoms. The average molecular weight is 334 g/mol. The standard InChI is InChI=1S/C14H20ClNO2S2/c1-12-11-19-10-9-16(12)20(17,18)14-6-4-13(5-7-14)3-2-8-15/h4-7,12H,2-3,8-11H2,1H3. The minimum atomic E-state index is -3.35. The van der Waals surface area contributed by atoms with Crippen molar-refractivity contribution < 1.29 is 8.42 Å². The van der Waals surface area contributed by atoms with E-state index in [1.165, 1.54) is 0 Å². The van der Waals surface area contributed by atoms with Crippen LogP contribution in [0.3, 0.4) is 0 Å². The van der Waals surface area contributed by atoms with Crippen LogP contribution in [0.1, 0.15) is 18.9 Å². The molecule has 1 aliphatic rings. The highest BCUT2D eigenvalue weighted by molar-refractivity contribution is 7.99. The maximum atomic E-state index is 12.6. The quantitative estimate of drug-likeness (QED) is 0.777. The summed E-state index contributed by atoms with van der Waals surface area (Å²) in [4.78, 5) is 0.394. The largest absolute Gasteiger partial charge is 0.243 e. The fourth-order valence-corrected chi connectivity index (χ4v) is 5.29. The number of rotatable bonds is 5. The van der Waals surface area contributed by atoms with Crippen LogP contribution in [0.2, 0.25) is 0 Å². The Hall–Kier alpha value is -0.230. The molecule has 1 aromatic carbocycles. The molecule has 0 N–H and O–H groups in total. The lowest BCUT2D eigenvalue weighted by atomic mass is 10.1. The smallest absolute Gasteiger partial charge is 0.207 e. The average Bonchev–Trinajstić information content (AvgIpc) is 2.46. The van der Waals surface area contributed by atoms with E-state index in [9.17, 15) is 8.42 Å². The van der Waals surface area contributed by atoms with Crippen LogP contribution in [0.4, 0.5) is 0 Å². The van der Waals surface area contributed by atoms with Crippen LogP contribution in [0.5, 0.6) is 0 Å². The first-order chi connectivity index (χ1) is 9.55. The zero-order valence-corrected chi connectivity index (χ0v) is 14.0. The Balaban J connectivity index is 2.16. The van der Waals surface area contributed by atoms with Gasteiger partial charge in [-0.15, -0.1) is 11.6 Å². The summed E-state index contributed by atoms with van der Waals surface area (Å²) in [5.41, 5.74) is 1.13. The van der Waals surface area contributed by atoms with Crippen LogP contribution < -0.4 is 0 Å². The molecule has 0 radical (unpaired) electrons. The molecule has 1 saturated heterocycles. The normalized spacial score (nSPS) is 21.0. The first kappa shape index (κ1) is 16.1. The second-order valence-corrected chi connectivity index (χ2v) is 8.39. The van der Waals surface area contributed by atoms with Crippen molar-refractivity contribution in [2.24, 2.45) is 0 Å². The molecule has 0 aromatic heterocycles. The summed E-state index contributed by atoms with van der Waals surface area (Å²) < 4.78 is 26.9. The zero-order valence-electron chi connectivity index (χ0n) is 11.6. The van der Waals surface area contributed by atoms with Gasteiger partial charge in [0.1, 0.15) is 0 Å². The highest BCUT2D eigenvalue weighted by Gasteiger charge is 2.30. The van der Waals surface area contributed by atoms with E-state index in [-0.39, 0.29) is 6.04 Å². The van der Waals surface area contributed by atoms with Crippen molar-refractivity contribution in [3.63, 3.8) is 0 Å². The van der Waals surface area contributed by atoms with Gasteiger partial charge in [0.05, 0.1) is 4.90 Å². The van der Waals surface area contributed by atoms with Crippen LogP contribution >= 0.6 is 23.4 Å². The molecule has 3 nitrogen and oxygen atoms in total. The molecule has 20 heavy (non-hydrogen) atoms. The van der Waals surface area contributed by atoms with Crippen molar-refractivity contribution >= 4 is 33.4 Å². The lowest BCUT2D eigenvalue weighted by Crippen LogP contribution is -2.44. The molecule has 0 spiro atoms. The third-order valence-corrected chi connectivity index (χ3v) is 6.92. The van der Waals surface area contributed by atoms with Crippen molar-refractivity contribution in [3.8, 4) is 0 Å².